The first kappa shape index (κ1) is 19.8. The van der Waals surface area contributed by atoms with E-state index >= 15 is 0 Å². The van der Waals surface area contributed by atoms with Gasteiger partial charge in [0.25, 0.3) is 0 Å². The van der Waals surface area contributed by atoms with Crippen molar-refractivity contribution in [3.05, 3.63) is 29.8 Å². The van der Waals surface area contributed by atoms with E-state index in [1.807, 2.05) is 0 Å². The lowest BCUT2D eigenvalue weighted by molar-refractivity contribution is -0.128. The average molecular weight is 394 g/mol. The molecule has 2 aliphatic carbocycles. The summed E-state index contributed by atoms with van der Waals surface area (Å²) in [6.07, 6.45) is 4.12. The molecule has 0 saturated heterocycles. The third kappa shape index (κ3) is 5.52. The molecule has 0 unspecified atom stereocenters. The van der Waals surface area contributed by atoms with Crippen molar-refractivity contribution in [1.29, 1.82) is 0 Å². The summed E-state index contributed by atoms with van der Waals surface area (Å²) in [7, 11) is -3.26. The predicted octanol–water partition coefficient (Wildman–Crippen LogP) is 0.557. The van der Waals surface area contributed by atoms with Crippen LogP contribution in [-0.4, -0.2) is 49.8 Å². The van der Waals surface area contributed by atoms with Gasteiger partial charge in [-0.15, -0.1) is 0 Å². The number of rotatable bonds is 6. The quantitative estimate of drug-likeness (QED) is 0.653. The van der Waals surface area contributed by atoms with Gasteiger partial charge in [0.1, 0.15) is 0 Å². The van der Waals surface area contributed by atoms with Crippen LogP contribution in [-0.2, 0) is 25.8 Å². The third-order valence-corrected chi connectivity index (χ3v) is 6.30. The van der Waals surface area contributed by atoms with E-state index in [2.05, 4.69) is 10.6 Å². The second kappa shape index (κ2) is 7.98. The van der Waals surface area contributed by atoms with Crippen LogP contribution in [0.2, 0.25) is 0 Å². The molecule has 1 aromatic carbocycles. The Morgan fingerprint density at radius 1 is 1.07 bits per heavy atom. The van der Waals surface area contributed by atoms with Crippen molar-refractivity contribution < 1.29 is 23.1 Å². The minimum absolute atomic E-state index is 0.00675. The highest BCUT2D eigenvalue weighted by Gasteiger charge is 2.35. The van der Waals surface area contributed by atoms with E-state index in [1.165, 1.54) is 12.1 Å². The first-order chi connectivity index (χ1) is 12.7. The maximum absolute atomic E-state index is 12.3. The lowest BCUT2D eigenvalue weighted by atomic mass is 9.83. The standard InChI is InChI=1S/C19H26N2O5S/c1-27(25,26)15-7-2-12(3-8-15)10-18(23)21-16-9-4-13(11-17(16)22)19(24)20-14-5-6-14/h2-3,7-8,13-14,16-17,22H,4-6,9-11H2,1H3,(H,20,24)(H,21,23)/t13-,16+,17+/m0/s1. The molecule has 2 amide bonds. The van der Waals surface area contributed by atoms with Gasteiger partial charge < -0.3 is 15.7 Å². The van der Waals surface area contributed by atoms with E-state index in [1.54, 1.807) is 12.1 Å². The van der Waals surface area contributed by atoms with Crippen molar-refractivity contribution in [2.45, 2.75) is 61.6 Å². The topological polar surface area (TPSA) is 113 Å². The molecule has 3 N–H and O–H groups in total. The Hall–Kier alpha value is -1.93. The molecule has 27 heavy (non-hydrogen) atoms. The maximum Gasteiger partial charge on any atom is 0.224 e. The van der Waals surface area contributed by atoms with Crippen LogP contribution in [0.3, 0.4) is 0 Å². The summed E-state index contributed by atoms with van der Waals surface area (Å²) >= 11 is 0. The fraction of sp³-hybridized carbons (Fsp3) is 0.579. The molecular formula is C19H26N2O5S. The zero-order chi connectivity index (χ0) is 19.6. The van der Waals surface area contributed by atoms with Crippen LogP contribution in [0.25, 0.3) is 0 Å². The molecule has 3 rings (SSSR count). The number of hydrogen-bond acceptors (Lipinski definition) is 5. The molecule has 0 aromatic heterocycles. The molecule has 8 heteroatoms. The van der Waals surface area contributed by atoms with Gasteiger partial charge in [-0.3, -0.25) is 9.59 Å². The summed E-state index contributed by atoms with van der Waals surface area (Å²) in [6, 6.07) is 6.14. The van der Waals surface area contributed by atoms with E-state index < -0.39 is 15.9 Å². The summed E-state index contributed by atoms with van der Waals surface area (Å²) in [5.74, 6) is -0.420. The molecule has 2 aliphatic rings. The van der Waals surface area contributed by atoms with Crippen LogP contribution >= 0.6 is 0 Å². The average Bonchev–Trinajstić information content (AvgIpc) is 3.40. The van der Waals surface area contributed by atoms with Crippen molar-refractivity contribution in [2.75, 3.05) is 6.26 Å². The third-order valence-electron chi connectivity index (χ3n) is 5.17. The van der Waals surface area contributed by atoms with E-state index in [4.69, 9.17) is 0 Å². The van der Waals surface area contributed by atoms with Crippen molar-refractivity contribution in [3.8, 4) is 0 Å². The molecule has 0 radical (unpaired) electrons. The first-order valence-corrected chi connectivity index (χ1v) is 11.2. The van der Waals surface area contributed by atoms with Crippen LogP contribution in [0.1, 0.15) is 37.7 Å². The van der Waals surface area contributed by atoms with Gasteiger partial charge in [-0.1, -0.05) is 12.1 Å². The van der Waals surface area contributed by atoms with E-state index in [0.717, 1.165) is 19.1 Å². The van der Waals surface area contributed by atoms with Gasteiger partial charge in [0, 0.05) is 18.2 Å². The van der Waals surface area contributed by atoms with E-state index in [0.29, 0.717) is 30.9 Å². The maximum atomic E-state index is 12.3. The lowest BCUT2D eigenvalue weighted by Crippen LogP contribution is -2.49. The Kier molecular flexibility index (Phi) is 5.86. The SMILES string of the molecule is CS(=O)(=O)c1ccc(CC(=O)N[C@@H]2CC[C@H](C(=O)NC3CC3)C[C@H]2O)cc1. The van der Waals surface area contributed by atoms with Gasteiger partial charge >= 0.3 is 0 Å². The molecule has 3 atom stereocenters. The van der Waals surface area contributed by atoms with Crippen LogP contribution < -0.4 is 10.6 Å². The zero-order valence-corrected chi connectivity index (χ0v) is 16.2. The fourth-order valence-electron chi connectivity index (χ4n) is 3.40. The molecule has 2 saturated carbocycles. The molecule has 7 nitrogen and oxygen atoms in total. The van der Waals surface area contributed by atoms with Crippen LogP contribution in [0, 0.1) is 5.92 Å². The van der Waals surface area contributed by atoms with Crippen molar-refractivity contribution in [2.24, 2.45) is 5.92 Å². The highest BCUT2D eigenvalue weighted by Crippen LogP contribution is 2.27. The molecule has 0 spiro atoms. The van der Waals surface area contributed by atoms with Crippen LogP contribution in [0.15, 0.2) is 29.2 Å². The van der Waals surface area contributed by atoms with Crippen LogP contribution in [0.5, 0.6) is 0 Å². The number of amides is 2. The number of carbonyl (C=O) groups excluding carboxylic acids is 2. The Bertz CT molecular complexity index is 802. The van der Waals surface area contributed by atoms with Gasteiger partial charge in [-0.2, -0.15) is 0 Å². The van der Waals surface area contributed by atoms with Crippen molar-refractivity contribution >= 4 is 21.7 Å². The Morgan fingerprint density at radius 2 is 1.74 bits per heavy atom. The van der Waals surface area contributed by atoms with Gasteiger partial charge in [-0.05, 0) is 49.8 Å². The Balaban J connectivity index is 1.48. The highest BCUT2D eigenvalue weighted by molar-refractivity contribution is 7.90. The second-order valence-corrected chi connectivity index (χ2v) is 9.64. The molecule has 0 heterocycles. The smallest absolute Gasteiger partial charge is 0.224 e. The van der Waals surface area contributed by atoms with Crippen molar-refractivity contribution in [1.82, 2.24) is 10.6 Å². The molecule has 1 aromatic rings. The number of carbonyl (C=O) groups is 2. The molecule has 0 bridgehead atoms. The van der Waals surface area contributed by atoms with Crippen molar-refractivity contribution in [3.63, 3.8) is 0 Å². The minimum Gasteiger partial charge on any atom is -0.391 e. The number of nitrogens with one attached hydrogen (secondary N) is 2. The summed E-state index contributed by atoms with van der Waals surface area (Å²) in [5.41, 5.74) is 0.701. The molecule has 148 valence electrons. The van der Waals surface area contributed by atoms with Crippen LogP contribution in [0.4, 0.5) is 0 Å². The number of aliphatic hydroxyl groups excluding tert-OH is 1. The summed E-state index contributed by atoms with van der Waals surface area (Å²) in [4.78, 5) is 24.6. The Labute approximate surface area is 159 Å². The van der Waals surface area contributed by atoms with Gasteiger partial charge in [0.05, 0.1) is 23.5 Å². The summed E-state index contributed by atoms with van der Waals surface area (Å²) < 4.78 is 22.9. The van der Waals surface area contributed by atoms with Gasteiger partial charge in [0.15, 0.2) is 9.84 Å². The zero-order valence-electron chi connectivity index (χ0n) is 15.3. The molecular weight excluding hydrogens is 368 g/mol. The molecule has 2 fully saturated rings. The normalized spacial score (nSPS) is 25.6. The minimum atomic E-state index is -3.26. The lowest BCUT2D eigenvalue weighted by Gasteiger charge is -2.33. The van der Waals surface area contributed by atoms with E-state index in [-0.39, 0.29) is 35.1 Å². The Morgan fingerprint density at radius 3 is 2.30 bits per heavy atom. The van der Waals surface area contributed by atoms with Gasteiger partial charge in [0.2, 0.25) is 11.8 Å². The number of sulfone groups is 1. The fourth-order valence-corrected chi connectivity index (χ4v) is 4.03. The molecule has 0 aliphatic heterocycles. The summed E-state index contributed by atoms with van der Waals surface area (Å²) in [6.45, 7) is 0. The number of benzene rings is 1. The largest absolute Gasteiger partial charge is 0.391 e. The van der Waals surface area contributed by atoms with E-state index in [9.17, 15) is 23.1 Å². The highest BCUT2D eigenvalue weighted by atomic mass is 32.2. The second-order valence-electron chi connectivity index (χ2n) is 7.63. The van der Waals surface area contributed by atoms with Gasteiger partial charge in [-0.25, -0.2) is 8.42 Å². The number of hydrogen-bond donors (Lipinski definition) is 3. The first-order valence-electron chi connectivity index (χ1n) is 9.29. The summed E-state index contributed by atoms with van der Waals surface area (Å²) in [5, 5.41) is 16.1. The monoisotopic (exact) mass is 394 g/mol. The number of aliphatic hydroxyl groups is 1. The predicted molar refractivity (Wildman–Crippen MR) is 99.7 cm³/mol.